The average Bonchev–Trinajstić information content (AvgIpc) is 2.67. The average molecular weight is 318 g/mol. The molecule has 0 fully saturated rings. The van der Waals surface area contributed by atoms with E-state index < -0.39 is 0 Å². The smallest absolute Gasteiger partial charge is 0.236 e. The summed E-state index contributed by atoms with van der Waals surface area (Å²) < 4.78 is 5.78. The largest absolute Gasteiger partial charge is 0.492 e. The van der Waals surface area contributed by atoms with E-state index in [1.165, 1.54) is 0 Å². The number of amides is 1. The van der Waals surface area contributed by atoms with E-state index in [0.717, 1.165) is 37.5 Å². The topological polar surface area (TPSA) is 32.8 Å². The predicted molar refractivity (Wildman–Crippen MR) is 93.5 cm³/mol. The van der Waals surface area contributed by atoms with Crippen molar-refractivity contribution in [3.8, 4) is 5.75 Å². The van der Waals surface area contributed by atoms with E-state index in [4.69, 9.17) is 4.74 Å². The lowest BCUT2D eigenvalue weighted by Gasteiger charge is -2.29. The highest BCUT2D eigenvalue weighted by Gasteiger charge is 2.21. The number of hydrogen-bond acceptors (Lipinski definition) is 3. The van der Waals surface area contributed by atoms with E-state index in [1.807, 2.05) is 23.1 Å². The van der Waals surface area contributed by atoms with Gasteiger partial charge in [0, 0.05) is 31.7 Å². The van der Waals surface area contributed by atoms with E-state index in [0.29, 0.717) is 25.0 Å². The molecule has 1 aromatic carbocycles. The Balaban J connectivity index is 2.00. The Morgan fingerprint density at radius 2 is 1.83 bits per heavy atom. The predicted octanol–water partition coefficient (Wildman–Crippen LogP) is 3.02. The van der Waals surface area contributed by atoms with Crippen molar-refractivity contribution in [1.82, 2.24) is 9.80 Å². The number of benzene rings is 1. The maximum atomic E-state index is 12.8. The number of hydrogen-bond donors (Lipinski definition) is 0. The van der Waals surface area contributed by atoms with Gasteiger partial charge in [0.15, 0.2) is 0 Å². The molecule has 0 spiro atoms. The Kier molecular flexibility index (Phi) is 6.46. The number of fused-ring (bicyclic) bond motifs is 1. The van der Waals surface area contributed by atoms with Crippen LogP contribution in [0.2, 0.25) is 0 Å². The van der Waals surface area contributed by atoms with Crippen molar-refractivity contribution < 1.29 is 9.53 Å². The summed E-state index contributed by atoms with van der Waals surface area (Å²) in [5.41, 5.74) is 1.16. The summed E-state index contributed by atoms with van der Waals surface area (Å²) in [6, 6.07) is 8.10. The molecule has 1 heterocycles. The third kappa shape index (κ3) is 5.54. The Morgan fingerprint density at radius 1 is 1.17 bits per heavy atom. The van der Waals surface area contributed by atoms with Gasteiger partial charge in [-0.2, -0.15) is 0 Å². The van der Waals surface area contributed by atoms with Crippen LogP contribution in [-0.2, 0) is 11.3 Å². The first-order chi connectivity index (χ1) is 11.0. The van der Waals surface area contributed by atoms with Crippen molar-refractivity contribution in [2.75, 3.05) is 32.8 Å². The van der Waals surface area contributed by atoms with Gasteiger partial charge in [0.2, 0.25) is 5.91 Å². The van der Waals surface area contributed by atoms with Gasteiger partial charge in [0.1, 0.15) is 12.4 Å². The number of carbonyl (C=O) groups is 1. The lowest BCUT2D eigenvalue weighted by molar-refractivity contribution is -0.133. The summed E-state index contributed by atoms with van der Waals surface area (Å²) in [6.45, 7) is 13.0. The lowest BCUT2D eigenvalue weighted by Crippen LogP contribution is -2.43. The fourth-order valence-electron chi connectivity index (χ4n) is 2.97. The standard InChI is InChI=1S/C19H30N2O2/c1-15(2)11-21(12-16(3)4)19(22)14-20-9-10-23-18-8-6-5-7-17(18)13-20/h5-8,15-16H,9-14H2,1-4H3. The molecule has 128 valence electrons. The van der Waals surface area contributed by atoms with Crippen LogP contribution >= 0.6 is 0 Å². The molecule has 0 saturated carbocycles. The van der Waals surface area contributed by atoms with Crippen LogP contribution in [0, 0.1) is 11.8 Å². The third-order valence-corrected chi connectivity index (χ3v) is 3.91. The minimum Gasteiger partial charge on any atom is -0.492 e. The van der Waals surface area contributed by atoms with Crippen molar-refractivity contribution in [3.05, 3.63) is 29.8 Å². The SMILES string of the molecule is CC(C)CN(CC(C)C)C(=O)CN1CCOc2ccccc2C1. The number of para-hydroxylation sites is 1. The van der Waals surface area contributed by atoms with Crippen LogP contribution in [0.25, 0.3) is 0 Å². The molecule has 0 aliphatic carbocycles. The Hall–Kier alpha value is -1.55. The first-order valence-corrected chi connectivity index (χ1v) is 8.66. The maximum absolute atomic E-state index is 12.8. The second kappa shape index (κ2) is 8.34. The summed E-state index contributed by atoms with van der Waals surface area (Å²) in [7, 11) is 0. The summed E-state index contributed by atoms with van der Waals surface area (Å²) >= 11 is 0. The van der Waals surface area contributed by atoms with E-state index in [-0.39, 0.29) is 5.91 Å². The van der Waals surface area contributed by atoms with Crippen molar-refractivity contribution in [3.63, 3.8) is 0 Å². The zero-order valence-electron chi connectivity index (χ0n) is 14.9. The quantitative estimate of drug-likeness (QED) is 0.808. The van der Waals surface area contributed by atoms with Crippen LogP contribution in [0.4, 0.5) is 0 Å². The van der Waals surface area contributed by atoms with Gasteiger partial charge >= 0.3 is 0 Å². The number of rotatable bonds is 6. The summed E-state index contributed by atoms with van der Waals surface area (Å²) in [4.78, 5) is 17.0. The van der Waals surface area contributed by atoms with Gasteiger partial charge in [0.05, 0.1) is 6.54 Å². The highest BCUT2D eigenvalue weighted by Crippen LogP contribution is 2.22. The first kappa shape index (κ1) is 17.8. The maximum Gasteiger partial charge on any atom is 0.236 e. The van der Waals surface area contributed by atoms with Crippen LogP contribution in [0.3, 0.4) is 0 Å². The molecule has 0 bridgehead atoms. The molecule has 1 aliphatic rings. The Bertz CT molecular complexity index is 504. The Morgan fingerprint density at radius 3 is 2.48 bits per heavy atom. The lowest BCUT2D eigenvalue weighted by atomic mass is 10.1. The molecule has 0 aromatic heterocycles. The second-order valence-electron chi connectivity index (χ2n) is 7.25. The minimum atomic E-state index is 0.229. The molecule has 0 N–H and O–H groups in total. The molecular weight excluding hydrogens is 288 g/mol. The van der Waals surface area contributed by atoms with Crippen LogP contribution in [0.5, 0.6) is 5.75 Å². The molecule has 0 saturated heterocycles. The normalized spacial score (nSPS) is 15.2. The van der Waals surface area contributed by atoms with E-state index >= 15 is 0 Å². The molecule has 4 heteroatoms. The van der Waals surface area contributed by atoms with Gasteiger partial charge in [-0.15, -0.1) is 0 Å². The molecule has 1 aromatic rings. The highest BCUT2D eigenvalue weighted by molar-refractivity contribution is 5.78. The van der Waals surface area contributed by atoms with Crippen LogP contribution in [0.15, 0.2) is 24.3 Å². The fraction of sp³-hybridized carbons (Fsp3) is 0.632. The molecule has 23 heavy (non-hydrogen) atoms. The monoisotopic (exact) mass is 318 g/mol. The zero-order valence-corrected chi connectivity index (χ0v) is 14.9. The molecule has 0 radical (unpaired) electrons. The van der Waals surface area contributed by atoms with Crippen molar-refractivity contribution in [2.24, 2.45) is 11.8 Å². The Labute approximate surface area is 140 Å². The third-order valence-electron chi connectivity index (χ3n) is 3.91. The summed E-state index contributed by atoms with van der Waals surface area (Å²) in [6.07, 6.45) is 0. The van der Waals surface area contributed by atoms with Gasteiger partial charge in [-0.25, -0.2) is 0 Å². The highest BCUT2D eigenvalue weighted by atomic mass is 16.5. The number of ether oxygens (including phenoxy) is 1. The van der Waals surface area contributed by atoms with E-state index in [9.17, 15) is 4.79 Å². The molecule has 0 atom stereocenters. The van der Waals surface area contributed by atoms with E-state index in [2.05, 4.69) is 38.7 Å². The number of carbonyl (C=O) groups excluding carboxylic acids is 1. The molecule has 1 amide bonds. The van der Waals surface area contributed by atoms with Gasteiger partial charge in [-0.05, 0) is 17.9 Å². The van der Waals surface area contributed by atoms with Crippen LogP contribution in [-0.4, -0.2) is 48.5 Å². The van der Waals surface area contributed by atoms with Gasteiger partial charge in [-0.1, -0.05) is 45.9 Å². The summed E-state index contributed by atoms with van der Waals surface area (Å²) in [5.74, 6) is 2.16. The zero-order chi connectivity index (χ0) is 16.8. The van der Waals surface area contributed by atoms with Crippen molar-refractivity contribution >= 4 is 5.91 Å². The molecule has 4 nitrogen and oxygen atoms in total. The number of nitrogens with zero attached hydrogens (tertiary/aromatic N) is 2. The molecule has 2 rings (SSSR count). The minimum absolute atomic E-state index is 0.229. The molecule has 0 unspecified atom stereocenters. The van der Waals surface area contributed by atoms with E-state index in [1.54, 1.807) is 0 Å². The second-order valence-corrected chi connectivity index (χ2v) is 7.25. The van der Waals surface area contributed by atoms with Crippen LogP contribution in [0.1, 0.15) is 33.3 Å². The molecular formula is C19H30N2O2. The fourth-order valence-corrected chi connectivity index (χ4v) is 2.97. The van der Waals surface area contributed by atoms with Gasteiger partial charge < -0.3 is 9.64 Å². The molecule has 1 aliphatic heterocycles. The van der Waals surface area contributed by atoms with Crippen molar-refractivity contribution in [1.29, 1.82) is 0 Å². The summed E-state index contributed by atoms with van der Waals surface area (Å²) in [5, 5.41) is 0. The first-order valence-electron chi connectivity index (χ1n) is 8.66. The van der Waals surface area contributed by atoms with Gasteiger partial charge in [0.25, 0.3) is 0 Å². The van der Waals surface area contributed by atoms with Crippen LogP contribution < -0.4 is 4.74 Å². The van der Waals surface area contributed by atoms with Crippen molar-refractivity contribution in [2.45, 2.75) is 34.2 Å². The van der Waals surface area contributed by atoms with Gasteiger partial charge in [-0.3, -0.25) is 9.69 Å².